The Bertz CT molecular complexity index is 1010. The third kappa shape index (κ3) is 5.69. The number of fused-ring (bicyclic) bond motifs is 1. The fourth-order valence-electron chi connectivity index (χ4n) is 4.06. The molecule has 3 atom stereocenters. The van der Waals surface area contributed by atoms with Gasteiger partial charge in [0.2, 0.25) is 15.9 Å². The van der Waals surface area contributed by atoms with E-state index in [0.717, 1.165) is 19.3 Å². The lowest BCUT2D eigenvalue weighted by molar-refractivity contribution is -0.138. The molecule has 182 valence electrons. The highest BCUT2D eigenvalue weighted by atomic mass is 32.2. The van der Waals surface area contributed by atoms with E-state index in [-0.39, 0.29) is 48.1 Å². The van der Waals surface area contributed by atoms with Crippen molar-refractivity contribution in [1.82, 2.24) is 9.21 Å². The Labute approximate surface area is 196 Å². The van der Waals surface area contributed by atoms with Gasteiger partial charge in [-0.05, 0) is 38.0 Å². The van der Waals surface area contributed by atoms with Crippen LogP contribution in [0.2, 0.25) is 0 Å². The number of nitrogens with zero attached hydrogens (tertiary/aromatic N) is 2. The van der Waals surface area contributed by atoms with Crippen molar-refractivity contribution in [1.29, 1.82) is 0 Å². The van der Waals surface area contributed by atoms with E-state index in [4.69, 9.17) is 9.47 Å². The van der Waals surface area contributed by atoms with Crippen molar-refractivity contribution in [3.8, 4) is 17.6 Å². The van der Waals surface area contributed by atoms with E-state index in [1.807, 2.05) is 6.92 Å². The summed E-state index contributed by atoms with van der Waals surface area (Å²) in [5.41, 5.74) is 0.605. The zero-order chi connectivity index (χ0) is 24.2. The van der Waals surface area contributed by atoms with Gasteiger partial charge in [-0.1, -0.05) is 25.2 Å². The molecule has 0 aromatic heterocycles. The average molecular weight is 479 g/mol. The van der Waals surface area contributed by atoms with E-state index in [1.54, 1.807) is 38.1 Å². The van der Waals surface area contributed by atoms with Gasteiger partial charge in [-0.15, -0.1) is 0 Å². The number of hydrogen-bond donors (Lipinski definition) is 1. The number of ether oxygens (including phenoxy) is 2. The van der Waals surface area contributed by atoms with Gasteiger partial charge in [-0.3, -0.25) is 4.79 Å². The minimum atomic E-state index is -3.91. The van der Waals surface area contributed by atoms with Crippen molar-refractivity contribution in [3.05, 3.63) is 23.8 Å². The van der Waals surface area contributed by atoms with Gasteiger partial charge in [0.1, 0.15) is 23.4 Å². The van der Waals surface area contributed by atoms with E-state index >= 15 is 0 Å². The lowest BCUT2D eigenvalue weighted by atomic mass is 9.84. The van der Waals surface area contributed by atoms with Crippen molar-refractivity contribution < 1.29 is 27.8 Å². The van der Waals surface area contributed by atoms with Gasteiger partial charge >= 0.3 is 0 Å². The first-order valence-corrected chi connectivity index (χ1v) is 12.8. The van der Waals surface area contributed by atoms with Gasteiger partial charge in [0.25, 0.3) is 0 Å². The Morgan fingerprint density at radius 3 is 2.73 bits per heavy atom. The van der Waals surface area contributed by atoms with E-state index in [2.05, 4.69) is 11.8 Å². The number of aliphatic hydroxyl groups excluding tert-OH is 1. The number of likely N-dealkylation sites (N-methyl/N-ethyl adjacent to an activating group) is 1. The summed E-state index contributed by atoms with van der Waals surface area (Å²) >= 11 is 0. The molecule has 1 N–H and O–H groups in total. The summed E-state index contributed by atoms with van der Waals surface area (Å²) < 4.78 is 39.5. The molecule has 1 fully saturated rings. The summed E-state index contributed by atoms with van der Waals surface area (Å²) in [7, 11) is -0.588. The van der Waals surface area contributed by atoms with Crippen LogP contribution >= 0.6 is 0 Å². The maximum Gasteiger partial charge on any atom is 0.247 e. The Morgan fingerprint density at radius 2 is 2.12 bits per heavy atom. The van der Waals surface area contributed by atoms with Crippen LogP contribution in [0.15, 0.2) is 23.1 Å². The van der Waals surface area contributed by atoms with Crippen LogP contribution in [0.25, 0.3) is 0 Å². The number of carbonyl (C=O) groups excluding carboxylic acids is 1. The largest absolute Gasteiger partial charge is 0.487 e. The molecule has 0 unspecified atom stereocenters. The molecule has 1 aromatic carbocycles. The van der Waals surface area contributed by atoms with Gasteiger partial charge in [0.15, 0.2) is 0 Å². The first-order valence-electron chi connectivity index (χ1n) is 11.3. The third-order valence-electron chi connectivity index (χ3n) is 6.40. The summed E-state index contributed by atoms with van der Waals surface area (Å²) in [5, 5.41) is 9.74. The highest BCUT2D eigenvalue weighted by molar-refractivity contribution is 7.89. The Kier molecular flexibility index (Phi) is 8.40. The third-order valence-corrected chi connectivity index (χ3v) is 8.42. The predicted molar refractivity (Wildman–Crippen MR) is 124 cm³/mol. The SMILES string of the molecule is COCC#Cc1ccc2c(c1)O[C@@H](CN(C)C(=O)C1CCC1)[C@@H](C)CN([C@H](C)CO)S2(=O)=O. The zero-order valence-corrected chi connectivity index (χ0v) is 20.6. The van der Waals surface area contributed by atoms with Gasteiger partial charge in [0, 0.05) is 44.1 Å². The summed E-state index contributed by atoms with van der Waals surface area (Å²) in [6.45, 7) is 4.07. The van der Waals surface area contributed by atoms with Gasteiger partial charge in [-0.2, -0.15) is 4.31 Å². The molecule has 9 heteroatoms. The molecular weight excluding hydrogens is 444 g/mol. The van der Waals surface area contributed by atoms with Crippen LogP contribution in [0.5, 0.6) is 5.75 Å². The van der Waals surface area contributed by atoms with Crippen LogP contribution in [-0.4, -0.2) is 81.2 Å². The Morgan fingerprint density at radius 1 is 1.39 bits per heavy atom. The molecule has 0 spiro atoms. The standard InChI is InChI=1S/C24H34N2O6S/c1-17-14-26(18(2)16-27)33(29,30)23-11-10-19(7-6-12-31-4)13-21(23)32-22(17)15-25(3)24(28)20-8-5-9-20/h10-11,13,17-18,20,22,27H,5,8-9,12,14-16H2,1-4H3/t17-,18+,22-/m0/s1. The van der Waals surface area contributed by atoms with Crippen LogP contribution in [0.3, 0.4) is 0 Å². The summed E-state index contributed by atoms with van der Waals surface area (Å²) in [6, 6.07) is 4.15. The normalized spacial score (nSPS) is 23.5. The number of hydrogen-bond acceptors (Lipinski definition) is 6. The molecule has 0 bridgehead atoms. The monoisotopic (exact) mass is 478 g/mol. The lowest BCUT2D eigenvalue weighted by Gasteiger charge is -2.38. The van der Waals surface area contributed by atoms with Crippen molar-refractivity contribution in [2.45, 2.75) is 50.2 Å². The second kappa shape index (κ2) is 10.9. The fourth-order valence-corrected chi connectivity index (χ4v) is 5.88. The van der Waals surface area contributed by atoms with Crippen LogP contribution in [0.4, 0.5) is 0 Å². The van der Waals surface area contributed by atoms with Crippen LogP contribution in [0, 0.1) is 23.7 Å². The maximum atomic E-state index is 13.5. The molecular formula is C24H34N2O6S. The molecule has 0 radical (unpaired) electrons. The van der Waals surface area contributed by atoms with E-state index in [0.29, 0.717) is 12.1 Å². The molecule has 1 heterocycles. The summed E-state index contributed by atoms with van der Waals surface area (Å²) in [6.07, 6.45) is 2.48. The number of aliphatic hydroxyl groups is 1. The number of sulfonamides is 1. The molecule has 1 aliphatic carbocycles. The Balaban J connectivity index is 1.99. The van der Waals surface area contributed by atoms with Crippen LogP contribution in [-0.2, 0) is 19.6 Å². The van der Waals surface area contributed by atoms with Crippen molar-refractivity contribution in [2.75, 3.05) is 40.5 Å². The van der Waals surface area contributed by atoms with Gasteiger partial charge < -0.3 is 19.5 Å². The van der Waals surface area contributed by atoms with Gasteiger partial charge in [-0.25, -0.2) is 8.42 Å². The van der Waals surface area contributed by atoms with Crippen LogP contribution in [0.1, 0.15) is 38.7 Å². The predicted octanol–water partition coefficient (Wildman–Crippen LogP) is 1.71. The first-order chi connectivity index (χ1) is 15.7. The minimum Gasteiger partial charge on any atom is -0.487 e. The number of carbonyl (C=O) groups is 1. The molecule has 1 saturated carbocycles. The summed E-state index contributed by atoms with van der Waals surface area (Å²) in [5.74, 6) is 5.97. The highest BCUT2D eigenvalue weighted by Gasteiger charge is 2.39. The van der Waals surface area contributed by atoms with E-state index in [1.165, 1.54) is 10.4 Å². The zero-order valence-electron chi connectivity index (χ0n) is 19.8. The minimum absolute atomic E-state index is 0.0324. The van der Waals surface area contributed by atoms with E-state index in [9.17, 15) is 18.3 Å². The number of benzene rings is 1. The number of rotatable bonds is 6. The molecule has 0 saturated heterocycles. The molecule has 3 rings (SSSR count). The highest BCUT2D eigenvalue weighted by Crippen LogP contribution is 2.34. The quantitative estimate of drug-likeness (QED) is 0.626. The maximum absolute atomic E-state index is 13.5. The topological polar surface area (TPSA) is 96.4 Å². The second-order valence-corrected chi connectivity index (χ2v) is 10.8. The number of amides is 1. The fraction of sp³-hybridized carbons (Fsp3) is 0.625. The van der Waals surface area contributed by atoms with Gasteiger partial charge in [0.05, 0.1) is 13.2 Å². The molecule has 8 nitrogen and oxygen atoms in total. The molecule has 2 aliphatic rings. The smallest absolute Gasteiger partial charge is 0.247 e. The van der Waals surface area contributed by atoms with E-state index < -0.39 is 22.2 Å². The summed E-state index contributed by atoms with van der Waals surface area (Å²) in [4.78, 5) is 14.5. The van der Waals surface area contributed by atoms with Crippen molar-refractivity contribution in [3.63, 3.8) is 0 Å². The van der Waals surface area contributed by atoms with Crippen LogP contribution < -0.4 is 4.74 Å². The molecule has 1 amide bonds. The Hall–Kier alpha value is -2.12. The van der Waals surface area contributed by atoms with Crippen molar-refractivity contribution in [2.24, 2.45) is 11.8 Å². The van der Waals surface area contributed by atoms with Crippen molar-refractivity contribution >= 4 is 15.9 Å². The lowest BCUT2D eigenvalue weighted by Crippen LogP contribution is -2.50. The average Bonchev–Trinajstić information content (AvgIpc) is 2.74. The number of methoxy groups -OCH3 is 1. The molecule has 1 aromatic rings. The second-order valence-electron chi connectivity index (χ2n) is 8.98. The first kappa shape index (κ1) is 25.5. The molecule has 33 heavy (non-hydrogen) atoms. The molecule has 1 aliphatic heterocycles.